The zero-order valence-electron chi connectivity index (χ0n) is 10.1. The number of furan rings is 1. The van der Waals surface area contributed by atoms with Crippen LogP contribution in [0.1, 0.15) is 11.1 Å². The van der Waals surface area contributed by atoms with Gasteiger partial charge in [0.15, 0.2) is 0 Å². The van der Waals surface area contributed by atoms with E-state index in [1.807, 2.05) is 36.4 Å². The first-order chi connectivity index (χ1) is 9.31. The Morgan fingerprint density at radius 2 is 2.05 bits per heavy atom. The summed E-state index contributed by atoms with van der Waals surface area (Å²) in [4.78, 5) is 0. The third-order valence-corrected chi connectivity index (χ3v) is 3.16. The Labute approximate surface area is 110 Å². The highest BCUT2D eigenvalue weighted by atomic mass is 16.3. The Morgan fingerprint density at radius 1 is 1.16 bits per heavy atom. The van der Waals surface area contributed by atoms with Gasteiger partial charge in [0, 0.05) is 5.56 Å². The zero-order valence-corrected chi connectivity index (χ0v) is 10.1. The van der Waals surface area contributed by atoms with Crippen LogP contribution in [0.15, 0.2) is 53.3 Å². The molecule has 0 spiro atoms. The molecule has 0 radical (unpaired) electrons. The number of fused-ring (bicyclic) bond motifs is 1. The molecule has 3 heteroatoms. The van der Waals surface area contributed by atoms with Crippen LogP contribution in [0, 0.1) is 11.3 Å². The van der Waals surface area contributed by atoms with Crippen molar-refractivity contribution < 1.29 is 9.52 Å². The molecule has 2 aromatic carbocycles. The van der Waals surface area contributed by atoms with E-state index < -0.39 is 0 Å². The van der Waals surface area contributed by atoms with Crippen molar-refractivity contribution >= 4 is 10.8 Å². The summed E-state index contributed by atoms with van der Waals surface area (Å²) < 4.78 is 5.11. The fraction of sp³-hybridized carbons (Fsp3) is 0.0625. The molecule has 1 N–H and O–H groups in total. The lowest BCUT2D eigenvalue weighted by Crippen LogP contribution is -1.87. The summed E-state index contributed by atoms with van der Waals surface area (Å²) in [6.45, 7) is -0.00619. The normalized spacial score (nSPS) is 10.5. The molecule has 0 bridgehead atoms. The molecule has 3 aromatic rings. The fourth-order valence-corrected chi connectivity index (χ4v) is 2.24. The second-order valence-corrected chi connectivity index (χ2v) is 4.36. The first-order valence-electron chi connectivity index (χ1n) is 5.92. The van der Waals surface area contributed by atoms with Gasteiger partial charge in [-0.15, -0.1) is 0 Å². The third-order valence-electron chi connectivity index (χ3n) is 3.16. The minimum Gasteiger partial charge on any atom is -0.472 e. The van der Waals surface area contributed by atoms with E-state index in [1.165, 1.54) is 0 Å². The molecule has 0 saturated heterocycles. The maximum absolute atomic E-state index is 9.20. The van der Waals surface area contributed by atoms with E-state index in [2.05, 4.69) is 6.07 Å². The van der Waals surface area contributed by atoms with E-state index in [-0.39, 0.29) is 6.61 Å². The maximum Gasteiger partial charge on any atom is 0.0992 e. The first kappa shape index (κ1) is 11.5. The number of aliphatic hydroxyl groups is 1. The van der Waals surface area contributed by atoms with E-state index in [4.69, 9.17) is 9.68 Å². The molecule has 1 aromatic heterocycles. The second kappa shape index (κ2) is 4.60. The van der Waals surface area contributed by atoms with Crippen LogP contribution in [0.5, 0.6) is 0 Å². The smallest absolute Gasteiger partial charge is 0.0992 e. The summed E-state index contributed by atoms with van der Waals surface area (Å²) in [6.07, 6.45) is 3.28. The standard InChI is InChI=1S/C16H11NO2/c17-8-12-6-14-5-11(9-18)1-2-15(14)16(7-12)13-3-4-19-10-13/h1-7,10,18H,9H2. The van der Waals surface area contributed by atoms with Gasteiger partial charge in [0.05, 0.1) is 30.8 Å². The average molecular weight is 249 g/mol. The molecular formula is C16H11NO2. The summed E-state index contributed by atoms with van der Waals surface area (Å²) in [5, 5.41) is 20.3. The van der Waals surface area contributed by atoms with Crippen molar-refractivity contribution in [1.29, 1.82) is 5.26 Å². The Hall–Kier alpha value is -2.57. The monoisotopic (exact) mass is 249 g/mol. The third kappa shape index (κ3) is 1.99. The van der Waals surface area contributed by atoms with Gasteiger partial charge in [0.2, 0.25) is 0 Å². The number of rotatable bonds is 2. The largest absolute Gasteiger partial charge is 0.472 e. The lowest BCUT2D eigenvalue weighted by Gasteiger charge is -2.07. The highest BCUT2D eigenvalue weighted by molar-refractivity contribution is 5.97. The van der Waals surface area contributed by atoms with Crippen molar-refractivity contribution in [3.05, 3.63) is 60.1 Å². The minimum absolute atomic E-state index is 0.00619. The molecule has 19 heavy (non-hydrogen) atoms. The van der Waals surface area contributed by atoms with Crippen LogP contribution in [0.2, 0.25) is 0 Å². The molecule has 0 amide bonds. The van der Waals surface area contributed by atoms with Gasteiger partial charge < -0.3 is 9.52 Å². The SMILES string of the molecule is N#Cc1cc(-c2ccoc2)c2ccc(CO)cc2c1. The summed E-state index contributed by atoms with van der Waals surface area (Å²) in [5.74, 6) is 0. The summed E-state index contributed by atoms with van der Waals surface area (Å²) in [5.41, 5.74) is 3.34. The fourth-order valence-electron chi connectivity index (χ4n) is 2.24. The van der Waals surface area contributed by atoms with Gasteiger partial charge in [0.1, 0.15) is 0 Å². The van der Waals surface area contributed by atoms with Gasteiger partial charge in [-0.3, -0.25) is 0 Å². The first-order valence-corrected chi connectivity index (χ1v) is 5.92. The van der Waals surface area contributed by atoms with Gasteiger partial charge in [-0.05, 0) is 46.2 Å². The Balaban J connectivity index is 2.34. The molecule has 0 fully saturated rings. The Kier molecular flexibility index (Phi) is 2.79. The van der Waals surface area contributed by atoms with Crippen LogP contribution in [0.25, 0.3) is 21.9 Å². The van der Waals surface area contributed by atoms with Gasteiger partial charge in [-0.2, -0.15) is 5.26 Å². The van der Waals surface area contributed by atoms with Crippen molar-refractivity contribution in [2.24, 2.45) is 0 Å². The van der Waals surface area contributed by atoms with Crippen LogP contribution in [0.4, 0.5) is 0 Å². The molecule has 0 unspecified atom stereocenters. The molecule has 92 valence electrons. The number of hydrogen-bond acceptors (Lipinski definition) is 3. The topological polar surface area (TPSA) is 57.2 Å². The second-order valence-electron chi connectivity index (χ2n) is 4.36. The van der Waals surface area contributed by atoms with E-state index in [9.17, 15) is 5.11 Å². The van der Waals surface area contributed by atoms with Crippen molar-refractivity contribution in [3.8, 4) is 17.2 Å². The van der Waals surface area contributed by atoms with Crippen LogP contribution in [-0.4, -0.2) is 5.11 Å². The molecule has 0 aliphatic carbocycles. The van der Waals surface area contributed by atoms with Crippen molar-refractivity contribution in [2.75, 3.05) is 0 Å². The van der Waals surface area contributed by atoms with Crippen molar-refractivity contribution in [3.63, 3.8) is 0 Å². The molecular weight excluding hydrogens is 238 g/mol. The highest BCUT2D eigenvalue weighted by Gasteiger charge is 2.08. The molecule has 0 aliphatic rings. The summed E-state index contributed by atoms with van der Waals surface area (Å²) in [6, 6.07) is 13.5. The van der Waals surface area contributed by atoms with E-state index in [0.29, 0.717) is 5.56 Å². The lowest BCUT2D eigenvalue weighted by atomic mass is 9.96. The average Bonchev–Trinajstić information content (AvgIpc) is 2.99. The Morgan fingerprint density at radius 3 is 2.74 bits per heavy atom. The van der Waals surface area contributed by atoms with E-state index in [1.54, 1.807) is 12.5 Å². The predicted molar refractivity (Wildman–Crippen MR) is 72.3 cm³/mol. The van der Waals surface area contributed by atoms with Crippen LogP contribution in [0.3, 0.4) is 0 Å². The predicted octanol–water partition coefficient (Wildman–Crippen LogP) is 3.46. The van der Waals surface area contributed by atoms with Crippen LogP contribution in [-0.2, 0) is 6.61 Å². The van der Waals surface area contributed by atoms with E-state index >= 15 is 0 Å². The van der Waals surface area contributed by atoms with Gasteiger partial charge >= 0.3 is 0 Å². The number of benzene rings is 2. The number of hydrogen-bond donors (Lipinski definition) is 1. The lowest BCUT2D eigenvalue weighted by molar-refractivity contribution is 0.282. The summed E-state index contributed by atoms with van der Waals surface area (Å²) >= 11 is 0. The van der Waals surface area contributed by atoms with Crippen molar-refractivity contribution in [2.45, 2.75) is 6.61 Å². The number of nitriles is 1. The zero-order chi connectivity index (χ0) is 13.2. The molecule has 1 heterocycles. The molecule has 0 saturated carbocycles. The molecule has 0 atom stereocenters. The molecule has 3 nitrogen and oxygen atoms in total. The van der Waals surface area contributed by atoms with Gasteiger partial charge in [-0.25, -0.2) is 0 Å². The Bertz CT molecular complexity index is 767. The van der Waals surface area contributed by atoms with Crippen LogP contribution >= 0.6 is 0 Å². The van der Waals surface area contributed by atoms with Gasteiger partial charge in [0.25, 0.3) is 0 Å². The number of nitrogens with zero attached hydrogens (tertiary/aromatic N) is 1. The quantitative estimate of drug-likeness (QED) is 0.756. The molecule has 0 aliphatic heterocycles. The summed E-state index contributed by atoms with van der Waals surface area (Å²) in [7, 11) is 0. The maximum atomic E-state index is 9.20. The van der Waals surface area contributed by atoms with E-state index in [0.717, 1.165) is 27.5 Å². The van der Waals surface area contributed by atoms with Gasteiger partial charge in [-0.1, -0.05) is 12.1 Å². The van der Waals surface area contributed by atoms with Crippen molar-refractivity contribution in [1.82, 2.24) is 0 Å². The van der Waals surface area contributed by atoms with Crippen LogP contribution < -0.4 is 0 Å². The molecule has 3 rings (SSSR count). The number of aliphatic hydroxyl groups excluding tert-OH is 1. The minimum atomic E-state index is -0.00619. The highest BCUT2D eigenvalue weighted by Crippen LogP contribution is 2.31.